The third-order valence-corrected chi connectivity index (χ3v) is 9.51. The molecule has 0 saturated carbocycles. The average molecular weight is 641 g/mol. The molecule has 248 valence electrons. The van der Waals surface area contributed by atoms with Crippen molar-refractivity contribution in [1.29, 1.82) is 0 Å². The van der Waals surface area contributed by atoms with Crippen molar-refractivity contribution in [3.63, 3.8) is 0 Å². The average Bonchev–Trinajstić information content (AvgIpc) is 3.67. The van der Waals surface area contributed by atoms with Gasteiger partial charge in [-0.15, -0.1) is 0 Å². The molecule has 0 spiro atoms. The van der Waals surface area contributed by atoms with Crippen LogP contribution in [0.4, 0.5) is 0 Å². The number of nitrogens with zero attached hydrogens (tertiary/aromatic N) is 1. The fourth-order valence-corrected chi connectivity index (χ4v) is 7.01. The molecule has 5 heterocycles. The largest absolute Gasteiger partial charge is 0.462 e. The number of hydrogen-bond donors (Lipinski definition) is 3. The lowest BCUT2D eigenvalue weighted by atomic mass is 9.92. The van der Waals surface area contributed by atoms with Gasteiger partial charge in [0.25, 0.3) is 11.8 Å². The minimum Gasteiger partial charge on any atom is -0.462 e. The topological polar surface area (TPSA) is 143 Å². The van der Waals surface area contributed by atoms with Gasteiger partial charge in [-0.2, -0.15) is 0 Å². The lowest BCUT2D eigenvalue weighted by Crippen LogP contribution is -2.18. The summed E-state index contributed by atoms with van der Waals surface area (Å²) in [6.45, 7) is 15.6. The molecule has 0 radical (unpaired) electrons. The second-order valence-corrected chi connectivity index (χ2v) is 12.7. The van der Waals surface area contributed by atoms with Gasteiger partial charge in [-0.1, -0.05) is 27.7 Å². The van der Waals surface area contributed by atoms with Gasteiger partial charge in [0.15, 0.2) is 0 Å². The van der Waals surface area contributed by atoms with Crippen molar-refractivity contribution in [2.45, 2.75) is 92.9 Å². The van der Waals surface area contributed by atoms with Crippen molar-refractivity contribution in [1.82, 2.24) is 15.3 Å². The molecule has 3 N–H and O–H groups in total. The summed E-state index contributed by atoms with van der Waals surface area (Å²) >= 11 is 0. The number of amides is 2. The molecule has 0 aliphatic carbocycles. The molecule has 0 aromatic carbocycles. The van der Waals surface area contributed by atoms with Gasteiger partial charge in [-0.05, 0) is 104 Å². The fraction of sp³-hybridized carbons (Fsp3) is 0.432. The van der Waals surface area contributed by atoms with Crippen molar-refractivity contribution in [2.75, 3.05) is 13.2 Å². The second-order valence-electron chi connectivity index (χ2n) is 12.7. The van der Waals surface area contributed by atoms with E-state index in [1.165, 1.54) is 0 Å². The van der Waals surface area contributed by atoms with Crippen molar-refractivity contribution < 1.29 is 28.7 Å². The van der Waals surface area contributed by atoms with Gasteiger partial charge in [0.05, 0.1) is 18.6 Å². The summed E-state index contributed by atoms with van der Waals surface area (Å²) in [7, 11) is 0. The number of rotatable bonds is 4. The van der Waals surface area contributed by atoms with Crippen LogP contribution in [0.1, 0.15) is 113 Å². The number of carbonyl (C=O) groups is 4. The van der Waals surface area contributed by atoms with Crippen LogP contribution in [0, 0.1) is 13.8 Å². The van der Waals surface area contributed by atoms with Crippen molar-refractivity contribution in [3.8, 4) is 0 Å². The minimum absolute atomic E-state index is 0.0135. The molecule has 0 fully saturated rings. The van der Waals surface area contributed by atoms with Gasteiger partial charge in [0.1, 0.15) is 13.2 Å². The normalized spacial score (nSPS) is 23.1. The summed E-state index contributed by atoms with van der Waals surface area (Å²) in [5, 5.41) is 4.59. The number of carbonyl (C=O) groups excluding carboxylic acids is 4. The number of nitrogens with one attached hydrogen (secondary N) is 3. The molecule has 10 nitrogen and oxygen atoms in total. The predicted molar refractivity (Wildman–Crippen MR) is 181 cm³/mol. The molecule has 2 aromatic heterocycles. The Morgan fingerprint density at radius 3 is 2.04 bits per heavy atom. The predicted octanol–water partition coefficient (Wildman–Crippen LogP) is 4.56. The van der Waals surface area contributed by atoms with Crippen LogP contribution in [-0.4, -0.2) is 52.6 Å². The highest BCUT2D eigenvalue weighted by molar-refractivity contribution is 6.30. The Hall–Kier alpha value is -4.73. The van der Waals surface area contributed by atoms with E-state index in [4.69, 9.17) is 9.47 Å². The van der Waals surface area contributed by atoms with Crippen LogP contribution < -0.4 is 16.0 Å². The first-order valence-corrected chi connectivity index (χ1v) is 16.4. The molecule has 2 aromatic rings. The molecule has 2 atom stereocenters. The van der Waals surface area contributed by atoms with Crippen LogP contribution >= 0.6 is 0 Å². The Kier molecular flexibility index (Phi) is 9.70. The van der Waals surface area contributed by atoms with E-state index in [0.29, 0.717) is 29.7 Å². The maximum atomic E-state index is 12.8. The van der Waals surface area contributed by atoms with Crippen LogP contribution in [0.5, 0.6) is 0 Å². The Balaban J connectivity index is 1.75. The number of fused-ring (bicyclic) bond motifs is 2. The lowest BCUT2D eigenvalue weighted by Gasteiger charge is -2.13. The summed E-state index contributed by atoms with van der Waals surface area (Å²) < 4.78 is 10.8. The molecular weight excluding hydrogens is 596 g/mol. The Morgan fingerprint density at radius 1 is 0.809 bits per heavy atom. The highest BCUT2D eigenvalue weighted by Gasteiger charge is 2.27. The van der Waals surface area contributed by atoms with Gasteiger partial charge >= 0.3 is 11.9 Å². The summed E-state index contributed by atoms with van der Waals surface area (Å²) in [5.74, 6) is -1.53. The number of allylic oxidation sites excluding steroid dienone is 2. The molecule has 47 heavy (non-hydrogen) atoms. The van der Waals surface area contributed by atoms with E-state index in [-0.39, 0.29) is 61.6 Å². The van der Waals surface area contributed by atoms with E-state index in [1.807, 2.05) is 66.7 Å². The Morgan fingerprint density at radius 2 is 1.43 bits per heavy atom. The van der Waals surface area contributed by atoms with Gasteiger partial charge in [0, 0.05) is 38.9 Å². The number of hydrogen-bond acceptors (Lipinski definition) is 6. The zero-order chi connectivity index (χ0) is 34.2. The SMILES string of the molecule is CCC1=C(C)C(=O)N=C1/C=c1\[nH]/c2c(c1C)[C@@H](C)CC(=O)OCCOC(=O)C[C@H](C)c1c([nH]c(/C=C3\NC(=O)C(C)=C3CC)c1C)/C=2. The Labute approximate surface area is 274 Å². The molecule has 3 aliphatic heterocycles. The van der Waals surface area contributed by atoms with Crippen LogP contribution in [0.25, 0.3) is 18.2 Å². The van der Waals surface area contributed by atoms with E-state index in [9.17, 15) is 19.2 Å². The van der Waals surface area contributed by atoms with E-state index in [0.717, 1.165) is 61.2 Å². The summed E-state index contributed by atoms with van der Waals surface area (Å²) in [5.41, 5.74) is 10.1. The smallest absolute Gasteiger partial charge is 0.306 e. The molecule has 10 heteroatoms. The third kappa shape index (κ3) is 6.59. The summed E-state index contributed by atoms with van der Waals surface area (Å²) in [4.78, 5) is 62.1. The molecule has 0 unspecified atom stereocenters. The highest BCUT2D eigenvalue weighted by atomic mass is 16.6. The maximum Gasteiger partial charge on any atom is 0.306 e. The first-order chi connectivity index (χ1) is 22.3. The second kappa shape index (κ2) is 13.6. The van der Waals surface area contributed by atoms with Crippen molar-refractivity contribution >= 4 is 47.7 Å². The number of esters is 2. The third-order valence-electron chi connectivity index (χ3n) is 9.51. The van der Waals surface area contributed by atoms with E-state index in [1.54, 1.807) is 6.92 Å². The lowest BCUT2D eigenvalue weighted by molar-refractivity contribution is -0.152. The highest BCUT2D eigenvalue weighted by Crippen LogP contribution is 2.33. The molecule has 3 aliphatic rings. The van der Waals surface area contributed by atoms with E-state index in [2.05, 4.69) is 20.3 Å². The molecular formula is C37H44N4O6. The first kappa shape index (κ1) is 33.6. The fourth-order valence-electron chi connectivity index (χ4n) is 7.01. The quantitative estimate of drug-likeness (QED) is 0.419. The Bertz CT molecular complexity index is 1930. The van der Waals surface area contributed by atoms with Crippen LogP contribution in [0.2, 0.25) is 0 Å². The zero-order valence-corrected chi connectivity index (χ0v) is 28.5. The molecule has 2 amide bonds. The minimum atomic E-state index is -0.384. The van der Waals surface area contributed by atoms with Gasteiger partial charge in [0.2, 0.25) is 0 Å². The van der Waals surface area contributed by atoms with Crippen LogP contribution in [0.3, 0.4) is 0 Å². The van der Waals surface area contributed by atoms with Crippen LogP contribution in [-0.2, 0) is 28.7 Å². The molecule has 5 rings (SSSR count). The van der Waals surface area contributed by atoms with Gasteiger partial charge < -0.3 is 24.8 Å². The maximum absolute atomic E-state index is 12.8. The summed E-state index contributed by atoms with van der Waals surface area (Å²) in [6.07, 6.45) is 7.53. The molecule has 0 saturated heterocycles. The number of ether oxygens (including phenoxy) is 2. The number of aliphatic imine (C=N–C) groups is 1. The van der Waals surface area contributed by atoms with Gasteiger partial charge in [-0.3, -0.25) is 19.2 Å². The van der Waals surface area contributed by atoms with E-state index < -0.39 is 0 Å². The van der Waals surface area contributed by atoms with Crippen molar-refractivity contribution in [2.24, 2.45) is 4.99 Å². The zero-order valence-electron chi connectivity index (χ0n) is 28.5. The van der Waals surface area contributed by atoms with Gasteiger partial charge in [-0.25, -0.2) is 4.99 Å². The number of H-pyrrole nitrogens is 2. The summed E-state index contributed by atoms with van der Waals surface area (Å²) in [6, 6.07) is 0. The number of aromatic nitrogens is 2. The number of cyclic esters (lactones) is 2. The van der Waals surface area contributed by atoms with E-state index >= 15 is 0 Å². The van der Waals surface area contributed by atoms with Crippen LogP contribution in [0.15, 0.2) is 33.0 Å². The molecule has 0 bridgehead atoms. The monoisotopic (exact) mass is 640 g/mol. The standard InChI is InChI=1S/C37H44N4O6/c1-9-24-20(5)36(44)40-28(24)15-26-22(7)34-18(3)13-32(42)46-11-12-47-33(43)14-19(4)35-23(8)27(39-31(35)17-30(34)38-26)16-29-25(10-2)21(6)37(45)41-29/h15-19,38-39H,9-14H2,1-8H3,(H,40,44)/b27-16-,28-15-,31-17-/t18-,19-/m0/s1. The van der Waals surface area contributed by atoms with Crippen molar-refractivity contribution in [3.05, 3.63) is 72.3 Å². The number of aromatic amines is 2. The first-order valence-electron chi connectivity index (χ1n) is 16.4.